The molecule has 1 aromatic rings. The zero-order valence-corrected chi connectivity index (χ0v) is 13.1. The number of aromatic nitrogens is 2. The van der Waals surface area contributed by atoms with E-state index in [4.69, 9.17) is 9.26 Å². The lowest BCUT2D eigenvalue weighted by atomic mass is 10.1. The van der Waals surface area contributed by atoms with Crippen molar-refractivity contribution >= 4 is 18.5 Å². The Morgan fingerprint density at radius 3 is 2.73 bits per heavy atom. The Bertz CT molecular complexity index is 690. The Kier molecular flexibility index (Phi) is 5.30. The Balaban J connectivity index is 2.15. The summed E-state index contributed by atoms with van der Waals surface area (Å²) in [6, 6.07) is 1.08. The molecule has 2 heterocycles. The van der Waals surface area contributed by atoms with Gasteiger partial charge in [-0.05, 0) is 11.8 Å². The van der Waals surface area contributed by atoms with Crippen LogP contribution in [0.5, 0.6) is 0 Å². The standard InChI is InChI=1S/C10H15N2O8PS/c1-18-21(17,22)19-4-5-7(14)8(15)9(20-5)12-3-2-6(13)11-10(12)16/h2-3,5,7-9,14-15H,4H2,1H3,(H,17,22)(H,11,13,16). The molecule has 4 N–H and O–H groups in total. The number of aromatic amines is 1. The number of nitrogens with zero attached hydrogens (tertiary/aromatic N) is 1. The smallest absolute Gasteiger partial charge is 0.330 e. The minimum Gasteiger partial charge on any atom is -0.387 e. The Hall–Kier alpha value is -0.910. The summed E-state index contributed by atoms with van der Waals surface area (Å²) in [6.07, 6.45) is -3.93. The monoisotopic (exact) mass is 354 g/mol. The Labute approximate surface area is 129 Å². The number of hydrogen-bond donors (Lipinski definition) is 4. The number of aliphatic hydroxyl groups excluding tert-OH is 2. The van der Waals surface area contributed by atoms with Gasteiger partial charge in [-0.25, -0.2) is 4.79 Å². The number of hydrogen-bond acceptors (Lipinski definition) is 8. The normalized spacial score (nSPS) is 31.1. The first-order chi connectivity index (χ1) is 10.2. The second-order valence-corrected chi connectivity index (χ2v) is 7.46. The lowest BCUT2D eigenvalue weighted by Gasteiger charge is -2.18. The van der Waals surface area contributed by atoms with E-state index in [0.717, 1.165) is 16.8 Å². The fourth-order valence-corrected chi connectivity index (χ4v) is 2.57. The van der Waals surface area contributed by atoms with E-state index >= 15 is 0 Å². The summed E-state index contributed by atoms with van der Waals surface area (Å²) in [5.41, 5.74) is -1.40. The second kappa shape index (κ2) is 6.69. The van der Waals surface area contributed by atoms with Gasteiger partial charge in [-0.2, -0.15) is 0 Å². The number of H-pyrrole nitrogens is 1. The highest BCUT2D eigenvalue weighted by Crippen LogP contribution is 2.43. The van der Waals surface area contributed by atoms with Gasteiger partial charge in [0.2, 0.25) is 0 Å². The Morgan fingerprint density at radius 2 is 2.14 bits per heavy atom. The molecule has 0 amide bonds. The van der Waals surface area contributed by atoms with Crippen molar-refractivity contribution in [3.8, 4) is 0 Å². The van der Waals surface area contributed by atoms with Crippen LogP contribution in [0, 0.1) is 0 Å². The summed E-state index contributed by atoms with van der Waals surface area (Å²) in [5, 5.41) is 19.9. The summed E-state index contributed by atoms with van der Waals surface area (Å²) in [7, 11) is 1.17. The van der Waals surface area contributed by atoms with Crippen LogP contribution >= 0.6 is 6.72 Å². The van der Waals surface area contributed by atoms with Gasteiger partial charge in [0.1, 0.15) is 18.3 Å². The summed E-state index contributed by atoms with van der Waals surface area (Å²) in [5.74, 6) is 0. The largest absolute Gasteiger partial charge is 0.387 e. The van der Waals surface area contributed by atoms with E-state index < -0.39 is 42.5 Å². The van der Waals surface area contributed by atoms with Crippen molar-refractivity contribution in [2.24, 2.45) is 0 Å². The summed E-state index contributed by atoms with van der Waals surface area (Å²) >= 11 is 4.63. The van der Waals surface area contributed by atoms with Crippen molar-refractivity contribution in [3.63, 3.8) is 0 Å². The van der Waals surface area contributed by atoms with Gasteiger partial charge in [0, 0.05) is 19.4 Å². The topological polar surface area (TPSA) is 143 Å². The average molecular weight is 354 g/mol. The van der Waals surface area contributed by atoms with E-state index in [9.17, 15) is 24.7 Å². The van der Waals surface area contributed by atoms with Crippen LogP contribution in [-0.2, 0) is 25.6 Å². The zero-order valence-electron chi connectivity index (χ0n) is 11.4. The van der Waals surface area contributed by atoms with Crippen LogP contribution in [0.15, 0.2) is 21.9 Å². The van der Waals surface area contributed by atoms with E-state index in [2.05, 4.69) is 16.3 Å². The predicted molar refractivity (Wildman–Crippen MR) is 76.7 cm³/mol. The molecule has 1 aliphatic rings. The maximum Gasteiger partial charge on any atom is 0.330 e. The van der Waals surface area contributed by atoms with Crippen molar-refractivity contribution in [1.82, 2.24) is 9.55 Å². The molecule has 1 aliphatic heterocycles. The number of nitrogens with one attached hydrogen (secondary N) is 1. The fraction of sp³-hybridized carbons (Fsp3) is 0.600. The molecule has 124 valence electrons. The Morgan fingerprint density at radius 1 is 1.45 bits per heavy atom. The number of rotatable bonds is 5. The van der Waals surface area contributed by atoms with Crippen LogP contribution < -0.4 is 11.2 Å². The van der Waals surface area contributed by atoms with E-state index in [0.29, 0.717) is 0 Å². The third kappa shape index (κ3) is 3.70. The van der Waals surface area contributed by atoms with E-state index in [1.165, 1.54) is 7.11 Å². The van der Waals surface area contributed by atoms with Gasteiger partial charge in [0.25, 0.3) is 5.56 Å². The molecule has 5 unspecified atom stereocenters. The van der Waals surface area contributed by atoms with Crippen molar-refractivity contribution in [2.75, 3.05) is 13.7 Å². The molecule has 1 aromatic heterocycles. The lowest BCUT2D eigenvalue weighted by molar-refractivity contribution is -0.0530. The van der Waals surface area contributed by atoms with Crippen LogP contribution in [0.2, 0.25) is 0 Å². The minimum absolute atomic E-state index is 0.339. The molecule has 2 rings (SSSR count). The molecule has 10 nitrogen and oxygen atoms in total. The highest BCUT2D eigenvalue weighted by molar-refractivity contribution is 8.07. The molecule has 0 radical (unpaired) electrons. The molecular formula is C10H15N2O8PS. The molecule has 0 aromatic carbocycles. The average Bonchev–Trinajstić information content (AvgIpc) is 2.73. The quantitative estimate of drug-likeness (QED) is 0.443. The highest BCUT2D eigenvalue weighted by atomic mass is 32.5. The SMILES string of the molecule is COP(O)(=S)OCC1OC(n2ccc(=O)[nH]c2=O)C(O)C1O. The molecule has 1 fully saturated rings. The molecule has 0 spiro atoms. The van der Waals surface area contributed by atoms with Crippen molar-refractivity contribution < 1.29 is 28.9 Å². The van der Waals surface area contributed by atoms with Gasteiger partial charge in [-0.3, -0.25) is 14.3 Å². The lowest BCUT2D eigenvalue weighted by Crippen LogP contribution is -2.37. The van der Waals surface area contributed by atoms with Crippen molar-refractivity contribution in [1.29, 1.82) is 0 Å². The molecule has 5 atom stereocenters. The third-order valence-electron chi connectivity index (χ3n) is 3.10. The second-order valence-electron chi connectivity index (χ2n) is 4.51. The van der Waals surface area contributed by atoms with E-state index in [1.807, 2.05) is 4.98 Å². The first-order valence-corrected chi connectivity index (χ1v) is 8.70. The summed E-state index contributed by atoms with van der Waals surface area (Å²) in [4.78, 5) is 34.2. The van der Waals surface area contributed by atoms with Crippen LogP contribution in [0.25, 0.3) is 0 Å². The van der Waals surface area contributed by atoms with Gasteiger partial charge >= 0.3 is 12.4 Å². The first-order valence-electron chi connectivity index (χ1n) is 6.11. The van der Waals surface area contributed by atoms with Gasteiger partial charge in [-0.15, -0.1) is 0 Å². The molecule has 0 aliphatic carbocycles. The van der Waals surface area contributed by atoms with Crippen LogP contribution in [0.1, 0.15) is 6.23 Å². The third-order valence-corrected chi connectivity index (χ3v) is 4.80. The molecule has 0 saturated carbocycles. The predicted octanol–water partition coefficient (Wildman–Crippen LogP) is -1.96. The molecule has 1 saturated heterocycles. The van der Waals surface area contributed by atoms with Crippen molar-refractivity contribution in [3.05, 3.63) is 33.1 Å². The summed E-state index contributed by atoms with van der Waals surface area (Å²) < 4.78 is 15.8. The first kappa shape index (κ1) is 17.4. The van der Waals surface area contributed by atoms with Crippen LogP contribution in [-0.4, -0.2) is 56.7 Å². The zero-order chi connectivity index (χ0) is 16.5. The minimum atomic E-state index is -3.44. The van der Waals surface area contributed by atoms with Gasteiger partial charge in [0.05, 0.1) is 6.61 Å². The van der Waals surface area contributed by atoms with Crippen LogP contribution in [0.4, 0.5) is 0 Å². The van der Waals surface area contributed by atoms with E-state index in [-0.39, 0.29) is 6.61 Å². The van der Waals surface area contributed by atoms with E-state index in [1.54, 1.807) is 0 Å². The van der Waals surface area contributed by atoms with Gasteiger partial charge < -0.3 is 28.9 Å². The molecular weight excluding hydrogens is 339 g/mol. The van der Waals surface area contributed by atoms with Crippen molar-refractivity contribution in [2.45, 2.75) is 24.5 Å². The molecule has 22 heavy (non-hydrogen) atoms. The maximum atomic E-state index is 11.7. The van der Waals surface area contributed by atoms with Gasteiger partial charge in [0.15, 0.2) is 6.23 Å². The fourth-order valence-electron chi connectivity index (χ4n) is 1.94. The molecule has 0 bridgehead atoms. The van der Waals surface area contributed by atoms with Gasteiger partial charge in [-0.1, -0.05) is 0 Å². The van der Waals surface area contributed by atoms with Crippen LogP contribution in [0.3, 0.4) is 0 Å². The number of ether oxygens (including phenoxy) is 1. The maximum absolute atomic E-state index is 11.7. The number of aliphatic hydroxyl groups is 2. The molecule has 12 heteroatoms. The highest BCUT2D eigenvalue weighted by Gasteiger charge is 2.44. The summed E-state index contributed by atoms with van der Waals surface area (Å²) in [6.45, 7) is -3.77.